The van der Waals surface area contributed by atoms with Crippen molar-refractivity contribution in [3.63, 3.8) is 0 Å². The Balaban J connectivity index is 4.52. The Labute approximate surface area is 127 Å². The lowest BCUT2D eigenvalue weighted by molar-refractivity contribution is 0.468. The van der Waals surface area contributed by atoms with E-state index in [-0.39, 0.29) is 6.42 Å². The number of sulfonamides is 1. The highest BCUT2D eigenvalue weighted by molar-refractivity contribution is 7.90. The van der Waals surface area contributed by atoms with Crippen LogP contribution < -0.4 is 0 Å². The molecule has 0 saturated carbocycles. The van der Waals surface area contributed by atoms with Gasteiger partial charge >= 0.3 is 0 Å². The first-order valence-corrected chi connectivity index (χ1v) is 8.67. The molecular weight excluding hydrogens is 288 g/mol. The summed E-state index contributed by atoms with van der Waals surface area (Å²) in [6, 6.07) is 5.22. The Bertz CT molecular complexity index is 495. The maximum Gasteiger partial charge on any atom is 0.232 e. The minimum Gasteiger partial charge on any atom is -0.211 e. The number of unbranched alkanes of at least 4 members (excludes halogenated alkanes) is 5. The Morgan fingerprint density at radius 3 is 1.95 bits per heavy atom. The van der Waals surface area contributed by atoms with Crippen LogP contribution in [0.3, 0.4) is 0 Å². The molecule has 0 amide bonds. The van der Waals surface area contributed by atoms with Crippen LogP contribution in [0.1, 0.15) is 51.9 Å². The molecule has 0 aromatic heterocycles. The molecule has 0 bridgehead atoms. The van der Waals surface area contributed by atoms with E-state index in [1.54, 1.807) is 18.2 Å². The molecule has 21 heavy (non-hydrogen) atoms. The van der Waals surface area contributed by atoms with Gasteiger partial charge in [-0.2, -0.15) is 20.1 Å². The van der Waals surface area contributed by atoms with Gasteiger partial charge < -0.3 is 0 Å². The topological polar surface area (TPSA) is 109 Å². The van der Waals surface area contributed by atoms with E-state index >= 15 is 0 Å². The van der Waals surface area contributed by atoms with Crippen molar-refractivity contribution >= 4 is 10.0 Å². The zero-order valence-corrected chi connectivity index (χ0v) is 13.3. The monoisotopic (exact) mass is 310 g/mol. The van der Waals surface area contributed by atoms with Crippen molar-refractivity contribution in [3.8, 4) is 18.2 Å². The first-order chi connectivity index (χ1) is 10.0. The van der Waals surface area contributed by atoms with Crippen molar-refractivity contribution in [2.45, 2.75) is 57.1 Å². The van der Waals surface area contributed by atoms with Crippen molar-refractivity contribution in [2.24, 2.45) is 0 Å². The van der Waals surface area contributed by atoms with E-state index in [0.717, 1.165) is 36.4 Å². The fourth-order valence-electron chi connectivity index (χ4n) is 1.96. The maximum atomic E-state index is 12.2. The molecule has 0 aliphatic carbocycles. The standard InChI is InChI=1S/C14H22N4O2S/c1-2-3-4-5-6-7-8-14(13-17)21(19,20)18(11-9-15)12-10-16/h14H,2-8,11-12H2,1H3. The molecule has 0 radical (unpaired) electrons. The summed E-state index contributed by atoms with van der Waals surface area (Å²) in [5.74, 6) is 0. The molecule has 0 heterocycles. The lowest BCUT2D eigenvalue weighted by Gasteiger charge is -2.19. The summed E-state index contributed by atoms with van der Waals surface area (Å²) in [5, 5.41) is 25.1. The van der Waals surface area contributed by atoms with Crippen molar-refractivity contribution in [1.82, 2.24) is 4.31 Å². The van der Waals surface area contributed by atoms with Crippen LogP contribution in [0.15, 0.2) is 0 Å². The van der Waals surface area contributed by atoms with E-state index in [4.69, 9.17) is 15.8 Å². The number of rotatable bonds is 11. The highest BCUT2D eigenvalue weighted by Gasteiger charge is 2.31. The first kappa shape index (κ1) is 19.4. The van der Waals surface area contributed by atoms with Crippen LogP contribution in [-0.4, -0.2) is 31.1 Å². The molecule has 0 spiro atoms. The fourth-order valence-corrected chi connectivity index (χ4v) is 3.40. The Hall–Kier alpha value is -1.62. The molecule has 6 nitrogen and oxygen atoms in total. The third-order valence-electron chi connectivity index (χ3n) is 3.18. The molecule has 0 aromatic carbocycles. The van der Waals surface area contributed by atoms with Gasteiger partial charge in [0.2, 0.25) is 10.0 Å². The Kier molecular flexibility index (Phi) is 10.2. The normalized spacial score (nSPS) is 12.3. The number of hydrogen-bond donors (Lipinski definition) is 0. The van der Waals surface area contributed by atoms with Crippen molar-refractivity contribution in [1.29, 1.82) is 15.8 Å². The molecule has 0 aliphatic rings. The van der Waals surface area contributed by atoms with Crippen LogP contribution in [0.5, 0.6) is 0 Å². The van der Waals surface area contributed by atoms with Crippen LogP contribution in [-0.2, 0) is 10.0 Å². The zero-order valence-electron chi connectivity index (χ0n) is 12.5. The number of hydrogen-bond acceptors (Lipinski definition) is 5. The summed E-state index contributed by atoms with van der Waals surface area (Å²) in [6.45, 7) is 1.33. The van der Waals surface area contributed by atoms with E-state index < -0.39 is 28.4 Å². The summed E-state index contributed by atoms with van der Waals surface area (Å²) in [4.78, 5) is 0. The Morgan fingerprint density at radius 1 is 0.952 bits per heavy atom. The predicted molar refractivity (Wildman–Crippen MR) is 79.1 cm³/mol. The minimum absolute atomic E-state index is 0.248. The fraction of sp³-hybridized carbons (Fsp3) is 0.786. The summed E-state index contributed by atoms with van der Waals surface area (Å²) >= 11 is 0. The number of nitriles is 3. The number of nitrogens with zero attached hydrogens (tertiary/aromatic N) is 4. The molecule has 116 valence electrons. The summed E-state index contributed by atoms with van der Waals surface area (Å²) in [6.07, 6.45) is 6.27. The molecule has 0 aliphatic heterocycles. The maximum absolute atomic E-state index is 12.2. The van der Waals surface area contributed by atoms with Gasteiger partial charge in [0, 0.05) is 0 Å². The van der Waals surface area contributed by atoms with Crippen LogP contribution >= 0.6 is 0 Å². The molecule has 1 atom stereocenters. The van der Waals surface area contributed by atoms with Crippen LogP contribution in [0.25, 0.3) is 0 Å². The molecule has 0 rings (SSSR count). The van der Waals surface area contributed by atoms with E-state index in [1.165, 1.54) is 0 Å². The van der Waals surface area contributed by atoms with Gasteiger partial charge in [0.15, 0.2) is 5.25 Å². The average molecular weight is 310 g/mol. The molecule has 7 heteroatoms. The summed E-state index contributed by atoms with van der Waals surface area (Å²) in [7, 11) is -3.91. The largest absolute Gasteiger partial charge is 0.232 e. The SMILES string of the molecule is CCCCCCCCC(C#N)S(=O)(=O)N(CC#N)CC#N. The van der Waals surface area contributed by atoms with Gasteiger partial charge in [-0.1, -0.05) is 45.4 Å². The van der Waals surface area contributed by atoms with Crippen LogP contribution in [0, 0.1) is 34.0 Å². The van der Waals surface area contributed by atoms with E-state index in [2.05, 4.69) is 6.92 Å². The lowest BCUT2D eigenvalue weighted by atomic mass is 10.1. The van der Waals surface area contributed by atoms with Crippen molar-refractivity contribution < 1.29 is 8.42 Å². The third-order valence-corrected chi connectivity index (χ3v) is 5.22. The van der Waals surface area contributed by atoms with Gasteiger partial charge in [-0.05, 0) is 6.42 Å². The molecule has 0 fully saturated rings. The second kappa shape index (κ2) is 11.1. The van der Waals surface area contributed by atoms with E-state index in [1.807, 2.05) is 0 Å². The average Bonchev–Trinajstić information content (AvgIpc) is 2.46. The van der Waals surface area contributed by atoms with Gasteiger partial charge in [-0.25, -0.2) is 8.42 Å². The third kappa shape index (κ3) is 7.09. The van der Waals surface area contributed by atoms with Gasteiger partial charge in [-0.3, -0.25) is 0 Å². The molecular formula is C14H22N4O2S. The molecule has 1 unspecified atom stereocenters. The van der Waals surface area contributed by atoms with Crippen molar-refractivity contribution in [3.05, 3.63) is 0 Å². The molecule has 0 saturated heterocycles. The second-order valence-corrected chi connectivity index (χ2v) is 6.92. The Morgan fingerprint density at radius 2 is 1.48 bits per heavy atom. The highest BCUT2D eigenvalue weighted by atomic mass is 32.2. The quantitative estimate of drug-likeness (QED) is 0.429. The second-order valence-electron chi connectivity index (χ2n) is 4.80. The van der Waals surface area contributed by atoms with E-state index in [0.29, 0.717) is 6.42 Å². The lowest BCUT2D eigenvalue weighted by Crippen LogP contribution is -2.38. The predicted octanol–water partition coefficient (Wildman–Crippen LogP) is 2.31. The van der Waals surface area contributed by atoms with Crippen LogP contribution in [0.4, 0.5) is 0 Å². The van der Waals surface area contributed by atoms with Crippen LogP contribution in [0.2, 0.25) is 0 Å². The van der Waals surface area contributed by atoms with Gasteiger partial charge in [0.05, 0.1) is 18.2 Å². The smallest absolute Gasteiger partial charge is 0.211 e. The summed E-state index contributed by atoms with van der Waals surface area (Å²) < 4.78 is 25.2. The molecule has 0 N–H and O–H groups in total. The summed E-state index contributed by atoms with van der Waals surface area (Å²) in [5.41, 5.74) is 0. The van der Waals surface area contributed by atoms with Crippen molar-refractivity contribution in [2.75, 3.05) is 13.1 Å². The van der Waals surface area contributed by atoms with E-state index in [9.17, 15) is 8.42 Å². The highest BCUT2D eigenvalue weighted by Crippen LogP contribution is 2.16. The molecule has 0 aromatic rings. The van der Waals surface area contributed by atoms with Gasteiger partial charge in [0.1, 0.15) is 13.1 Å². The minimum atomic E-state index is -3.91. The zero-order chi connectivity index (χ0) is 16.1. The van der Waals surface area contributed by atoms with Gasteiger partial charge in [-0.15, -0.1) is 0 Å². The first-order valence-electron chi connectivity index (χ1n) is 7.17. The van der Waals surface area contributed by atoms with Gasteiger partial charge in [0.25, 0.3) is 0 Å².